The minimum absolute atomic E-state index is 0.105. The molecule has 1 aliphatic heterocycles. The van der Waals surface area contributed by atoms with Gasteiger partial charge in [0.05, 0.1) is 12.1 Å². The van der Waals surface area contributed by atoms with Crippen LogP contribution in [0.25, 0.3) is 11.5 Å². The Hall–Kier alpha value is -1.76. The molecular formula is C17H24N4O2. The molecule has 1 saturated heterocycles. The maximum atomic E-state index is 9.48. The number of aliphatic hydroxyl groups is 1. The lowest BCUT2D eigenvalue weighted by Crippen LogP contribution is -2.48. The molecule has 0 amide bonds. The van der Waals surface area contributed by atoms with Crippen molar-refractivity contribution in [1.82, 2.24) is 20.0 Å². The Morgan fingerprint density at radius 2 is 1.78 bits per heavy atom. The number of nitrogens with zero attached hydrogens (tertiary/aromatic N) is 4. The van der Waals surface area contributed by atoms with Gasteiger partial charge in [0.15, 0.2) is 0 Å². The predicted octanol–water partition coefficient (Wildman–Crippen LogP) is 1.80. The topological polar surface area (TPSA) is 65.6 Å². The zero-order valence-electron chi connectivity index (χ0n) is 13.7. The Bertz CT molecular complexity index is 606. The molecule has 1 aromatic carbocycles. The average Bonchev–Trinajstić information content (AvgIpc) is 3.05. The van der Waals surface area contributed by atoms with E-state index in [0.717, 1.165) is 38.3 Å². The van der Waals surface area contributed by atoms with Crippen LogP contribution in [-0.4, -0.2) is 63.9 Å². The third kappa shape index (κ3) is 3.96. The van der Waals surface area contributed by atoms with Crippen molar-refractivity contribution in [3.63, 3.8) is 0 Å². The predicted molar refractivity (Wildman–Crippen MR) is 87.8 cm³/mol. The van der Waals surface area contributed by atoms with E-state index < -0.39 is 0 Å². The van der Waals surface area contributed by atoms with Gasteiger partial charge >= 0.3 is 0 Å². The quantitative estimate of drug-likeness (QED) is 0.907. The minimum atomic E-state index is -0.275. The molecule has 2 atom stereocenters. The van der Waals surface area contributed by atoms with Crippen LogP contribution in [0.15, 0.2) is 34.7 Å². The van der Waals surface area contributed by atoms with Crippen molar-refractivity contribution in [1.29, 1.82) is 0 Å². The summed E-state index contributed by atoms with van der Waals surface area (Å²) in [5.41, 5.74) is 0.945. The van der Waals surface area contributed by atoms with E-state index in [1.807, 2.05) is 37.3 Å². The second-order valence-electron chi connectivity index (χ2n) is 6.17. The average molecular weight is 316 g/mol. The van der Waals surface area contributed by atoms with Gasteiger partial charge in [0, 0.05) is 38.3 Å². The van der Waals surface area contributed by atoms with Crippen LogP contribution >= 0.6 is 0 Å². The Morgan fingerprint density at radius 3 is 2.43 bits per heavy atom. The second-order valence-corrected chi connectivity index (χ2v) is 6.17. The van der Waals surface area contributed by atoms with Crippen LogP contribution in [-0.2, 0) is 0 Å². The molecule has 1 fully saturated rings. The monoisotopic (exact) mass is 316 g/mol. The molecule has 0 spiro atoms. The van der Waals surface area contributed by atoms with Crippen molar-refractivity contribution in [2.45, 2.75) is 26.0 Å². The number of β-amino-alcohol motifs (C(OH)–C–C–N with tert-alkyl or cyclic N) is 1. The largest absolute Gasteiger partial charge is 0.419 e. The Morgan fingerprint density at radius 1 is 1.09 bits per heavy atom. The lowest BCUT2D eigenvalue weighted by atomic mass is 10.2. The van der Waals surface area contributed by atoms with Crippen molar-refractivity contribution in [3.05, 3.63) is 36.2 Å². The number of hydrogen-bond donors (Lipinski definition) is 1. The molecule has 6 heteroatoms. The van der Waals surface area contributed by atoms with Gasteiger partial charge in [0.2, 0.25) is 11.8 Å². The second kappa shape index (κ2) is 7.21. The maximum Gasteiger partial charge on any atom is 0.247 e. The fourth-order valence-electron chi connectivity index (χ4n) is 2.96. The summed E-state index contributed by atoms with van der Waals surface area (Å²) < 4.78 is 5.86. The van der Waals surface area contributed by atoms with Gasteiger partial charge in [-0.2, -0.15) is 0 Å². The number of aliphatic hydroxyl groups excluding tert-OH is 1. The summed E-state index contributed by atoms with van der Waals surface area (Å²) in [5.74, 6) is 1.23. The standard InChI is InChI=1S/C17H24N4O2/c1-13(22)12-20-8-10-21(11-9-20)14(2)16-18-19-17(23-16)15-6-4-3-5-7-15/h3-7,13-14,22H,8-12H2,1-2H3/t13-,14-/m1/s1. The van der Waals surface area contributed by atoms with Gasteiger partial charge in [-0.25, -0.2) is 0 Å². The zero-order valence-corrected chi connectivity index (χ0v) is 13.7. The van der Waals surface area contributed by atoms with Gasteiger partial charge in [-0.15, -0.1) is 10.2 Å². The molecule has 1 N–H and O–H groups in total. The summed E-state index contributed by atoms with van der Waals surface area (Å²) in [7, 11) is 0. The zero-order chi connectivity index (χ0) is 16.2. The normalized spacial score (nSPS) is 19.6. The van der Waals surface area contributed by atoms with Crippen molar-refractivity contribution in [2.24, 2.45) is 0 Å². The van der Waals surface area contributed by atoms with E-state index in [1.54, 1.807) is 0 Å². The highest BCUT2D eigenvalue weighted by Gasteiger charge is 2.26. The first-order chi connectivity index (χ1) is 11.1. The van der Waals surface area contributed by atoms with Crippen molar-refractivity contribution >= 4 is 0 Å². The molecular weight excluding hydrogens is 292 g/mol. The highest BCUT2D eigenvalue weighted by Crippen LogP contribution is 2.24. The highest BCUT2D eigenvalue weighted by atomic mass is 16.4. The first kappa shape index (κ1) is 16.1. The highest BCUT2D eigenvalue weighted by molar-refractivity contribution is 5.51. The lowest BCUT2D eigenvalue weighted by Gasteiger charge is -2.37. The summed E-state index contributed by atoms with van der Waals surface area (Å²) in [5, 5.41) is 17.9. The molecule has 2 heterocycles. The molecule has 1 aliphatic rings. The van der Waals surface area contributed by atoms with E-state index >= 15 is 0 Å². The number of benzene rings is 1. The summed E-state index contributed by atoms with van der Waals surface area (Å²) in [6.07, 6.45) is -0.275. The first-order valence-corrected chi connectivity index (χ1v) is 8.17. The van der Waals surface area contributed by atoms with Crippen LogP contribution in [0.1, 0.15) is 25.8 Å². The van der Waals surface area contributed by atoms with Crippen LogP contribution in [0.2, 0.25) is 0 Å². The van der Waals surface area contributed by atoms with Crippen LogP contribution in [0.4, 0.5) is 0 Å². The van der Waals surface area contributed by atoms with Crippen molar-refractivity contribution in [3.8, 4) is 11.5 Å². The maximum absolute atomic E-state index is 9.48. The van der Waals surface area contributed by atoms with E-state index in [4.69, 9.17) is 4.42 Å². The summed E-state index contributed by atoms with van der Waals surface area (Å²) in [4.78, 5) is 4.64. The summed E-state index contributed by atoms with van der Waals surface area (Å²) >= 11 is 0. The summed E-state index contributed by atoms with van der Waals surface area (Å²) in [6, 6.07) is 9.94. The molecule has 2 aromatic rings. The van der Waals surface area contributed by atoms with E-state index in [-0.39, 0.29) is 12.1 Å². The van der Waals surface area contributed by atoms with Gasteiger partial charge < -0.3 is 9.52 Å². The van der Waals surface area contributed by atoms with E-state index in [2.05, 4.69) is 26.9 Å². The van der Waals surface area contributed by atoms with Gasteiger partial charge in [0.25, 0.3) is 0 Å². The smallest absolute Gasteiger partial charge is 0.247 e. The van der Waals surface area contributed by atoms with Gasteiger partial charge in [-0.1, -0.05) is 18.2 Å². The molecule has 23 heavy (non-hydrogen) atoms. The molecule has 3 rings (SSSR count). The Labute approximate surface area is 136 Å². The number of hydrogen-bond acceptors (Lipinski definition) is 6. The molecule has 0 radical (unpaired) electrons. The third-order valence-corrected chi connectivity index (χ3v) is 4.30. The van der Waals surface area contributed by atoms with E-state index in [1.165, 1.54) is 0 Å². The van der Waals surface area contributed by atoms with E-state index in [9.17, 15) is 5.11 Å². The van der Waals surface area contributed by atoms with Gasteiger partial charge in [-0.05, 0) is 26.0 Å². The lowest BCUT2D eigenvalue weighted by molar-refractivity contribution is 0.0598. The van der Waals surface area contributed by atoms with Gasteiger partial charge in [-0.3, -0.25) is 9.80 Å². The molecule has 1 aromatic heterocycles. The molecule has 6 nitrogen and oxygen atoms in total. The molecule has 0 unspecified atom stereocenters. The first-order valence-electron chi connectivity index (χ1n) is 8.17. The molecule has 0 aliphatic carbocycles. The van der Waals surface area contributed by atoms with Gasteiger partial charge in [0.1, 0.15) is 0 Å². The Kier molecular flexibility index (Phi) is 5.05. The van der Waals surface area contributed by atoms with Crippen LogP contribution in [0.3, 0.4) is 0 Å². The van der Waals surface area contributed by atoms with Crippen molar-refractivity contribution in [2.75, 3.05) is 32.7 Å². The van der Waals surface area contributed by atoms with Crippen LogP contribution in [0, 0.1) is 0 Å². The third-order valence-electron chi connectivity index (χ3n) is 4.30. The number of rotatable bonds is 5. The molecule has 0 bridgehead atoms. The molecule has 0 saturated carbocycles. The van der Waals surface area contributed by atoms with Crippen LogP contribution in [0.5, 0.6) is 0 Å². The minimum Gasteiger partial charge on any atom is -0.419 e. The summed E-state index contributed by atoms with van der Waals surface area (Å²) in [6.45, 7) is 8.46. The number of aromatic nitrogens is 2. The SMILES string of the molecule is C[C@H](c1nnc(-c2ccccc2)o1)N1CCN(C[C@@H](C)O)CC1. The fraction of sp³-hybridized carbons (Fsp3) is 0.529. The number of piperazine rings is 1. The van der Waals surface area contributed by atoms with Crippen molar-refractivity contribution < 1.29 is 9.52 Å². The van der Waals surface area contributed by atoms with Crippen LogP contribution < -0.4 is 0 Å². The molecule has 124 valence electrons. The van der Waals surface area contributed by atoms with E-state index in [0.29, 0.717) is 11.8 Å². The Balaban J connectivity index is 1.61. The fourth-order valence-corrected chi connectivity index (χ4v) is 2.96.